The second-order valence-corrected chi connectivity index (χ2v) is 13.5. The molecule has 4 N–H and O–H groups in total. The third-order valence-electron chi connectivity index (χ3n) is 5.81. The van der Waals surface area contributed by atoms with Crippen molar-refractivity contribution in [1.29, 1.82) is 0 Å². The fourth-order valence-electron chi connectivity index (χ4n) is 4.00. The van der Waals surface area contributed by atoms with E-state index in [1.165, 1.54) is 0 Å². The first kappa shape index (κ1) is 34.8. The second kappa shape index (κ2) is 14.5. The molecular formula is C28H50N6O6. The highest BCUT2D eigenvalue weighted by atomic mass is 16.2. The van der Waals surface area contributed by atoms with E-state index in [4.69, 9.17) is 0 Å². The van der Waals surface area contributed by atoms with Crippen LogP contribution in [0.15, 0.2) is 0 Å². The Labute approximate surface area is 238 Å². The maximum absolute atomic E-state index is 13.9. The van der Waals surface area contributed by atoms with Crippen molar-refractivity contribution in [2.75, 3.05) is 26.2 Å². The number of hydrogen-bond donors (Lipinski definition) is 4. The van der Waals surface area contributed by atoms with Crippen molar-refractivity contribution in [3.63, 3.8) is 0 Å². The molecule has 1 aliphatic rings. The summed E-state index contributed by atoms with van der Waals surface area (Å²) in [6.07, 6.45) is -0.776. The van der Waals surface area contributed by atoms with Gasteiger partial charge in [-0.25, -0.2) is 0 Å². The molecule has 2 atom stereocenters. The van der Waals surface area contributed by atoms with Crippen LogP contribution in [0.4, 0.5) is 0 Å². The van der Waals surface area contributed by atoms with E-state index in [1.807, 2.05) is 41.5 Å². The van der Waals surface area contributed by atoms with Crippen molar-refractivity contribution in [3.8, 4) is 0 Å². The maximum Gasteiger partial charge on any atom is 0.247 e. The van der Waals surface area contributed by atoms with E-state index >= 15 is 0 Å². The Morgan fingerprint density at radius 2 is 0.925 bits per heavy atom. The molecule has 0 aromatic rings. The molecule has 12 nitrogen and oxygen atoms in total. The second-order valence-electron chi connectivity index (χ2n) is 13.5. The molecule has 0 saturated carbocycles. The molecule has 0 aliphatic carbocycles. The molecule has 1 aliphatic heterocycles. The fourth-order valence-corrected chi connectivity index (χ4v) is 4.00. The first-order valence-corrected chi connectivity index (χ1v) is 13.9. The van der Waals surface area contributed by atoms with Gasteiger partial charge in [-0.1, -0.05) is 41.5 Å². The first-order chi connectivity index (χ1) is 18.2. The van der Waals surface area contributed by atoms with Gasteiger partial charge in [-0.2, -0.15) is 0 Å². The summed E-state index contributed by atoms with van der Waals surface area (Å²) < 4.78 is 0. The van der Waals surface area contributed by atoms with Crippen molar-refractivity contribution in [1.82, 2.24) is 31.1 Å². The SMILES string of the molecule is CC(C)NC(=O)CN1C(=O)[C@H](CC(=O)NCC(C)(C)C)N(CC(=O)NC(C)C)C(=O)[C@@H]1CC(=O)NCC(C)(C)C. The van der Waals surface area contributed by atoms with Crippen LogP contribution in [0.3, 0.4) is 0 Å². The lowest BCUT2D eigenvalue weighted by Gasteiger charge is -2.44. The minimum absolute atomic E-state index is 0.216. The van der Waals surface area contributed by atoms with Crippen molar-refractivity contribution in [3.05, 3.63) is 0 Å². The molecule has 0 bridgehead atoms. The van der Waals surface area contributed by atoms with Gasteiger partial charge in [-0.3, -0.25) is 28.8 Å². The van der Waals surface area contributed by atoms with Crippen molar-refractivity contribution in [2.24, 2.45) is 10.8 Å². The van der Waals surface area contributed by atoms with Crippen LogP contribution in [0.5, 0.6) is 0 Å². The Morgan fingerprint density at radius 1 is 0.625 bits per heavy atom. The van der Waals surface area contributed by atoms with Crippen LogP contribution in [0.25, 0.3) is 0 Å². The summed E-state index contributed by atoms with van der Waals surface area (Å²) in [6, 6.07) is -3.06. The largest absolute Gasteiger partial charge is 0.355 e. The Bertz CT molecular complexity index is 874. The van der Waals surface area contributed by atoms with Gasteiger partial charge in [0.1, 0.15) is 25.2 Å². The molecular weight excluding hydrogens is 516 g/mol. The minimum Gasteiger partial charge on any atom is -0.355 e. The Kier molecular flexibility index (Phi) is 12.6. The molecule has 0 unspecified atom stereocenters. The topological polar surface area (TPSA) is 157 Å². The van der Waals surface area contributed by atoms with Crippen molar-refractivity contribution in [2.45, 2.75) is 106 Å². The molecule has 6 amide bonds. The molecule has 0 spiro atoms. The van der Waals surface area contributed by atoms with Crippen LogP contribution in [-0.2, 0) is 28.8 Å². The Balaban J connectivity index is 3.41. The molecule has 1 saturated heterocycles. The van der Waals surface area contributed by atoms with Crippen LogP contribution in [-0.4, -0.2) is 95.6 Å². The summed E-state index contributed by atoms with van der Waals surface area (Å²) in [7, 11) is 0. The van der Waals surface area contributed by atoms with E-state index in [9.17, 15) is 28.8 Å². The monoisotopic (exact) mass is 566 g/mol. The number of nitrogens with one attached hydrogen (secondary N) is 4. The van der Waals surface area contributed by atoms with Crippen LogP contribution in [0.1, 0.15) is 82.1 Å². The summed E-state index contributed by atoms with van der Waals surface area (Å²) in [5.74, 6) is -3.28. The highest BCUT2D eigenvalue weighted by molar-refractivity contribution is 6.03. The van der Waals surface area contributed by atoms with Gasteiger partial charge in [0.25, 0.3) is 0 Å². The van der Waals surface area contributed by atoms with E-state index in [0.29, 0.717) is 13.1 Å². The number of rotatable bonds is 12. The zero-order valence-corrected chi connectivity index (χ0v) is 25.9. The van der Waals surface area contributed by atoms with Crippen molar-refractivity contribution < 1.29 is 28.8 Å². The summed E-state index contributed by atoms with van der Waals surface area (Å²) >= 11 is 0. The zero-order valence-electron chi connectivity index (χ0n) is 25.9. The number of carbonyl (C=O) groups excluding carboxylic acids is 6. The smallest absolute Gasteiger partial charge is 0.247 e. The lowest BCUT2D eigenvalue weighted by Crippen LogP contribution is -2.68. The average molecular weight is 567 g/mol. The molecule has 1 fully saturated rings. The molecule has 40 heavy (non-hydrogen) atoms. The van der Waals surface area contributed by atoms with E-state index in [-0.39, 0.29) is 35.8 Å². The number of carbonyl (C=O) groups is 6. The van der Waals surface area contributed by atoms with E-state index in [2.05, 4.69) is 21.3 Å². The maximum atomic E-state index is 13.9. The lowest BCUT2D eigenvalue weighted by molar-refractivity contribution is -0.166. The third kappa shape index (κ3) is 12.3. The van der Waals surface area contributed by atoms with Crippen LogP contribution in [0, 0.1) is 10.8 Å². The quantitative estimate of drug-likeness (QED) is 0.270. The Hall–Kier alpha value is -3.18. The van der Waals surface area contributed by atoms with Crippen LogP contribution >= 0.6 is 0 Å². The molecule has 0 radical (unpaired) electrons. The third-order valence-corrected chi connectivity index (χ3v) is 5.81. The highest BCUT2D eigenvalue weighted by Gasteiger charge is 2.48. The number of nitrogens with zero attached hydrogens (tertiary/aromatic N) is 2. The normalized spacial score (nSPS) is 18.2. The highest BCUT2D eigenvalue weighted by Crippen LogP contribution is 2.23. The summed E-state index contributed by atoms with van der Waals surface area (Å²) in [5, 5.41) is 11.0. The van der Waals surface area contributed by atoms with Gasteiger partial charge >= 0.3 is 0 Å². The summed E-state index contributed by atoms with van der Waals surface area (Å²) in [5.41, 5.74) is -0.434. The van der Waals surface area contributed by atoms with E-state index in [0.717, 1.165) is 9.80 Å². The predicted octanol–water partition coefficient (Wildman–Crippen LogP) is 0.548. The lowest BCUT2D eigenvalue weighted by atomic mass is 9.95. The van der Waals surface area contributed by atoms with Crippen LogP contribution in [0.2, 0.25) is 0 Å². The Morgan fingerprint density at radius 3 is 1.18 bits per heavy atom. The van der Waals surface area contributed by atoms with Gasteiger partial charge in [0.2, 0.25) is 35.4 Å². The van der Waals surface area contributed by atoms with E-state index in [1.54, 1.807) is 27.7 Å². The number of hydrogen-bond acceptors (Lipinski definition) is 6. The molecule has 0 aromatic heterocycles. The minimum atomic E-state index is -1.31. The van der Waals surface area contributed by atoms with Gasteiger partial charge in [0.15, 0.2) is 0 Å². The fraction of sp³-hybridized carbons (Fsp3) is 0.786. The predicted molar refractivity (Wildman–Crippen MR) is 152 cm³/mol. The molecule has 12 heteroatoms. The molecule has 228 valence electrons. The van der Waals surface area contributed by atoms with Crippen molar-refractivity contribution >= 4 is 35.4 Å². The van der Waals surface area contributed by atoms with Gasteiger partial charge in [-0.05, 0) is 38.5 Å². The summed E-state index contributed by atoms with van der Waals surface area (Å²) in [4.78, 5) is 81.0. The zero-order chi connectivity index (χ0) is 31.0. The van der Waals surface area contributed by atoms with Gasteiger partial charge < -0.3 is 31.1 Å². The van der Waals surface area contributed by atoms with Gasteiger partial charge in [-0.15, -0.1) is 0 Å². The summed E-state index contributed by atoms with van der Waals surface area (Å²) in [6.45, 7) is 18.4. The number of piperazine rings is 1. The van der Waals surface area contributed by atoms with E-state index < -0.39 is 60.6 Å². The van der Waals surface area contributed by atoms with Gasteiger partial charge in [0.05, 0.1) is 12.8 Å². The molecule has 1 heterocycles. The average Bonchev–Trinajstić information content (AvgIpc) is 2.77. The van der Waals surface area contributed by atoms with Crippen LogP contribution < -0.4 is 21.3 Å². The molecule has 0 aromatic carbocycles. The number of amides is 6. The standard InChI is InChI=1S/C28H50N6O6/c1-17(2)31-23(37)13-33-19(11-21(35)29-15-27(5,6)7)26(40)34(14-24(38)32-18(3)4)20(25(33)39)12-22(36)30-16-28(8,9)10/h17-20H,11-16H2,1-10H3,(H,29,35)(H,30,36)(H,31,37)(H,32,38)/t19-,20-/m0/s1. The first-order valence-electron chi connectivity index (χ1n) is 13.9. The van der Waals surface area contributed by atoms with Gasteiger partial charge in [0, 0.05) is 25.2 Å². The molecule has 1 rings (SSSR count).